The number of amides is 1. The molecule has 1 fully saturated rings. The van der Waals surface area contributed by atoms with Gasteiger partial charge in [-0.05, 0) is 47.2 Å². The molecule has 9 heteroatoms. The highest BCUT2D eigenvalue weighted by atomic mass is 32.2. The molecule has 1 aromatic heterocycles. The van der Waals surface area contributed by atoms with Crippen molar-refractivity contribution in [1.29, 1.82) is 0 Å². The first-order chi connectivity index (χ1) is 17.4. The third kappa shape index (κ3) is 5.00. The zero-order chi connectivity index (χ0) is 25.2. The minimum absolute atomic E-state index is 0.105. The molecule has 0 aliphatic carbocycles. The van der Waals surface area contributed by atoms with Crippen molar-refractivity contribution in [2.45, 2.75) is 32.9 Å². The van der Waals surface area contributed by atoms with Gasteiger partial charge in [-0.2, -0.15) is 11.3 Å². The predicted molar refractivity (Wildman–Crippen MR) is 144 cm³/mol. The maximum absolute atomic E-state index is 13.3. The number of rotatable bonds is 6. The molecular weight excluding hydrogens is 492 g/mol. The molecule has 0 bridgehead atoms. The van der Waals surface area contributed by atoms with Crippen LogP contribution in [-0.2, 0) is 20.9 Å². The quantitative estimate of drug-likeness (QED) is 0.519. The topological polar surface area (TPSA) is 65.5 Å². The van der Waals surface area contributed by atoms with Gasteiger partial charge in [0.15, 0.2) is 5.17 Å². The molecule has 36 heavy (non-hydrogen) atoms. The van der Waals surface area contributed by atoms with Gasteiger partial charge in [0.1, 0.15) is 0 Å². The molecule has 3 aliphatic rings. The van der Waals surface area contributed by atoms with Crippen molar-refractivity contribution < 1.29 is 14.3 Å². The fraction of sp³-hybridized carbons (Fsp3) is 0.370. The highest BCUT2D eigenvalue weighted by Crippen LogP contribution is 2.45. The molecule has 1 aromatic carbocycles. The summed E-state index contributed by atoms with van der Waals surface area (Å²) in [5.74, 6) is -0.285. The number of thiophene rings is 1. The molecule has 0 saturated carbocycles. The SMILES string of the molecule is COC(=O)C1=C(C)N=C2SC=C(CC(=O)N3CCN(Cc4ccc(C)cc4)CC3)N2[C@H]1c1ccsc1. The number of hydrogen-bond donors (Lipinski definition) is 0. The molecule has 2 aromatic rings. The number of aryl methyl sites for hydroxylation is 1. The second kappa shape index (κ2) is 10.6. The summed E-state index contributed by atoms with van der Waals surface area (Å²) < 4.78 is 5.11. The van der Waals surface area contributed by atoms with Crippen LogP contribution in [0.3, 0.4) is 0 Å². The van der Waals surface area contributed by atoms with E-state index in [-0.39, 0.29) is 18.4 Å². The minimum atomic E-state index is -0.390. The van der Waals surface area contributed by atoms with Crippen LogP contribution >= 0.6 is 23.1 Å². The molecule has 5 rings (SSSR count). The number of aliphatic imine (C=N–C) groups is 1. The van der Waals surface area contributed by atoms with Crippen molar-refractivity contribution >= 4 is 40.1 Å². The molecule has 4 heterocycles. The highest BCUT2D eigenvalue weighted by Gasteiger charge is 2.41. The van der Waals surface area contributed by atoms with Crippen LogP contribution in [0.1, 0.15) is 36.1 Å². The maximum Gasteiger partial charge on any atom is 0.338 e. The molecule has 0 N–H and O–H groups in total. The van der Waals surface area contributed by atoms with Crippen LogP contribution in [0.2, 0.25) is 0 Å². The summed E-state index contributed by atoms with van der Waals surface area (Å²) in [6.45, 7) is 7.99. The summed E-state index contributed by atoms with van der Waals surface area (Å²) in [4.78, 5) is 37.2. The monoisotopic (exact) mass is 522 g/mol. The lowest BCUT2D eigenvalue weighted by atomic mass is 9.96. The predicted octanol–water partition coefficient (Wildman–Crippen LogP) is 4.54. The van der Waals surface area contributed by atoms with E-state index in [4.69, 9.17) is 4.74 Å². The third-order valence-electron chi connectivity index (χ3n) is 6.85. The Hall–Kier alpha value is -2.88. The number of carbonyl (C=O) groups is 2. The number of carbonyl (C=O) groups excluding carboxylic acids is 2. The van der Waals surface area contributed by atoms with Gasteiger partial charge in [0.25, 0.3) is 0 Å². The van der Waals surface area contributed by atoms with Crippen LogP contribution in [0.15, 0.2) is 68.5 Å². The molecule has 0 radical (unpaired) electrons. The van der Waals surface area contributed by atoms with E-state index in [9.17, 15) is 9.59 Å². The molecule has 1 amide bonds. The second-order valence-corrected chi connectivity index (χ2v) is 10.9. The first kappa shape index (κ1) is 24.8. The van der Waals surface area contributed by atoms with Crippen LogP contribution in [0, 0.1) is 6.92 Å². The first-order valence-electron chi connectivity index (χ1n) is 12.0. The molecular formula is C27H30N4O3S2. The number of hydrogen-bond acceptors (Lipinski definition) is 8. The van der Waals surface area contributed by atoms with Gasteiger partial charge in [-0.25, -0.2) is 9.79 Å². The number of fused-ring (bicyclic) bond motifs is 1. The minimum Gasteiger partial charge on any atom is -0.466 e. The number of amidine groups is 1. The van der Waals surface area contributed by atoms with Gasteiger partial charge in [0.2, 0.25) is 5.91 Å². The largest absolute Gasteiger partial charge is 0.466 e. The second-order valence-electron chi connectivity index (χ2n) is 9.26. The smallest absolute Gasteiger partial charge is 0.338 e. The number of methoxy groups -OCH3 is 1. The Kier molecular flexibility index (Phi) is 7.32. The standard InChI is InChI=1S/C27H30N4O3S2/c1-18-4-6-20(7-5-18)15-29-9-11-30(12-10-29)23(32)14-22-17-36-27-28-19(2)24(26(33)34-3)25(31(22)27)21-8-13-35-16-21/h4-8,13,16-17,25H,9-12,14-15H2,1-3H3/t25-/m0/s1. The number of benzene rings is 1. The number of thioether (sulfide) groups is 1. The molecule has 1 saturated heterocycles. The van der Waals surface area contributed by atoms with Gasteiger partial charge in [-0.1, -0.05) is 41.6 Å². The van der Waals surface area contributed by atoms with E-state index in [1.54, 1.807) is 11.3 Å². The van der Waals surface area contributed by atoms with Gasteiger partial charge in [0.05, 0.1) is 30.8 Å². The molecule has 1 atom stereocenters. The Balaban J connectivity index is 1.26. The third-order valence-corrected chi connectivity index (χ3v) is 8.44. The molecule has 188 valence electrons. The van der Waals surface area contributed by atoms with E-state index in [1.165, 1.54) is 30.0 Å². The lowest BCUT2D eigenvalue weighted by Crippen LogP contribution is -2.48. The zero-order valence-corrected chi connectivity index (χ0v) is 22.4. The lowest BCUT2D eigenvalue weighted by Gasteiger charge is -2.37. The van der Waals surface area contributed by atoms with Crippen molar-refractivity contribution in [3.05, 3.63) is 80.2 Å². The van der Waals surface area contributed by atoms with Crippen molar-refractivity contribution in [3.63, 3.8) is 0 Å². The Morgan fingerprint density at radius 1 is 1.08 bits per heavy atom. The summed E-state index contributed by atoms with van der Waals surface area (Å²) in [6, 6.07) is 10.3. The van der Waals surface area contributed by atoms with Gasteiger partial charge >= 0.3 is 5.97 Å². The van der Waals surface area contributed by atoms with E-state index in [1.807, 2.05) is 39.0 Å². The van der Waals surface area contributed by atoms with Gasteiger partial charge < -0.3 is 14.5 Å². The van der Waals surface area contributed by atoms with Gasteiger partial charge in [-0.15, -0.1) is 0 Å². The molecule has 7 nitrogen and oxygen atoms in total. The van der Waals surface area contributed by atoms with Crippen LogP contribution < -0.4 is 0 Å². The fourth-order valence-corrected chi connectivity index (χ4v) is 6.50. The summed E-state index contributed by atoms with van der Waals surface area (Å²) in [5.41, 5.74) is 5.61. The summed E-state index contributed by atoms with van der Waals surface area (Å²) in [5, 5.41) is 6.83. The van der Waals surface area contributed by atoms with E-state index < -0.39 is 5.97 Å². The lowest BCUT2D eigenvalue weighted by molar-refractivity contribution is -0.136. The summed E-state index contributed by atoms with van der Waals surface area (Å²) in [6.07, 6.45) is 0.276. The normalized spacial score (nSPS) is 20.2. The number of piperazine rings is 1. The molecule has 3 aliphatic heterocycles. The van der Waals surface area contributed by atoms with Crippen LogP contribution in [0.5, 0.6) is 0 Å². The van der Waals surface area contributed by atoms with E-state index >= 15 is 0 Å². The van der Waals surface area contributed by atoms with Gasteiger partial charge in [-0.3, -0.25) is 9.69 Å². The number of allylic oxidation sites excluding steroid dienone is 1. The van der Waals surface area contributed by atoms with Crippen LogP contribution in [0.4, 0.5) is 0 Å². The van der Waals surface area contributed by atoms with E-state index in [0.717, 1.165) is 36.1 Å². The Morgan fingerprint density at radius 2 is 1.83 bits per heavy atom. The van der Waals surface area contributed by atoms with Crippen LogP contribution in [-0.4, -0.2) is 65.0 Å². The Labute approximate surface area is 220 Å². The van der Waals surface area contributed by atoms with E-state index in [0.29, 0.717) is 24.4 Å². The summed E-state index contributed by atoms with van der Waals surface area (Å²) >= 11 is 3.09. The van der Waals surface area contributed by atoms with Crippen molar-refractivity contribution in [1.82, 2.24) is 14.7 Å². The molecule has 0 unspecified atom stereocenters. The highest BCUT2D eigenvalue weighted by molar-refractivity contribution is 8.16. The number of nitrogens with zero attached hydrogens (tertiary/aromatic N) is 4. The fourth-order valence-electron chi connectivity index (χ4n) is 4.86. The Bertz CT molecular complexity index is 1230. The average molecular weight is 523 g/mol. The Morgan fingerprint density at radius 3 is 2.50 bits per heavy atom. The summed E-state index contributed by atoms with van der Waals surface area (Å²) in [7, 11) is 1.39. The van der Waals surface area contributed by atoms with Crippen molar-refractivity contribution in [3.8, 4) is 0 Å². The number of esters is 1. The average Bonchev–Trinajstić information content (AvgIpc) is 3.55. The van der Waals surface area contributed by atoms with Crippen LogP contribution in [0.25, 0.3) is 0 Å². The van der Waals surface area contributed by atoms with E-state index in [2.05, 4.69) is 41.1 Å². The van der Waals surface area contributed by atoms with Gasteiger partial charge in [0, 0.05) is 38.4 Å². The maximum atomic E-state index is 13.3. The van der Waals surface area contributed by atoms with Crippen molar-refractivity contribution in [2.24, 2.45) is 4.99 Å². The zero-order valence-electron chi connectivity index (χ0n) is 20.8. The van der Waals surface area contributed by atoms with Crippen molar-refractivity contribution in [2.75, 3.05) is 33.3 Å². The molecule has 0 spiro atoms. The first-order valence-corrected chi connectivity index (χ1v) is 13.9. The number of ether oxygens (including phenoxy) is 1.